The van der Waals surface area contributed by atoms with E-state index in [1.54, 1.807) is 19.1 Å². The van der Waals surface area contributed by atoms with Crippen LogP contribution in [0, 0.1) is 0 Å². The molecule has 0 aliphatic heterocycles. The topological polar surface area (TPSA) is 52.1 Å². The highest BCUT2D eigenvalue weighted by atomic mass is 19.4. The molecule has 26 heavy (non-hydrogen) atoms. The molecule has 0 bridgehead atoms. The number of anilines is 1. The fourth-order valence-corrected chi connectivity index (χ4v) is 2.33. The molecule has 0 saturated heterocycles. The van der Waals surface area contributed by atoms with Crippen molar-refractivity contribution in [2.75, 3.05) is 26.8 Å². The molecular formula is C18H19F3N2O3. The Labute approximate surface area is 149 Å². The van der Waals surface area contributed by atoms with E-state index in [0.717, 1.165) is 6.07 Å². The summed E-state index contributed by atoms with van der Waals surface area (Å²) < 4.78 is 54.9. The highest BCUT2D eigenvalue weighted by Gasteiger charge is 2.33. The minimum atomic E-state index is -4.47. The summed E-state index contributed by atoms with van der Waals surface area (Å²) in [5.74, 6) is 1.26. The van der Waals surface area contributed by atoms with E-state index in [2.05, 4.69) is 10.5 Å². The van der Waals surface area contributed by atoms with E-state index in [-0.39, 0.29) is 5.69 Å². The monoisotopic (exact) mass is 368 g/mol. The average molecular weight is 368 g/mol. The number of halogens is 3. The molecule has 0 radical (unpaired) electrons. The molecule has 2 aromatic carbocycles. The molecule has 0 heterocycles. The highest BCUT2D eigenvalue weighted by molar-refractivity contribution is 6.00. The number of para-hydroxylation sites is 1. The van der Waals surface area contributed by atoms with Crippen molar-refractivity contribution < 1.29 is 27.4 Å². The molecule has 140 valence electrons. The van der Waals surface area contributed by atoms with Crippen LogP contribution < -0.4 is 19.6 Å². The zero-order chi connectivity index (χ0) is 19.3. The van der Waals surface area contributed by atoms with Gasteiger partial charge in [-0.2, -0.15) is 18.3 Å². The molecule has 1 N–H and O–H groups in total. The Morgan fingerprint density at radius 1 is 0.962 bits per heavy atom. The lowest BCUT2D eigenvalue weighted by Gasteiger charge is -2.15. The van der Waals surface area contributed by atoms with Crippen molar-refractivity contribution in [2.24, 2.45) is 5.10 Å². The average Bonchev–Trinajstić information content (AvgIpc) is 2.64. The maximum Gasteiger partial charge on any atom is 0.418 e. The summed E-state index contributed by atoms with van der Waals surface area (Å²) in [4.78, 5) is 0. The number of hydrogen-bond acceptors (Lipinski definition) is 5. The van der Waals surface area contributed by atoms with Gasteiger partial charge in [0.2, 0.25) is 5.75 Å². The van der Waals surface area contributed by atoms with Gasteiger partial charge < -0.3 is 14.2 Å². The van der Waals surface area contributed by atoms with Crippen molar-refractivity contribution in [3.63, 3.8) is 0 Å². The summed E-state index contributed by atoms with van der Waals surface area (Å²) in [7, 11) is 4.44. The summed E-state index contributed by atoms with van der Waals surface area (Å²) in [6.45, 7) is 1.66. The van der Waals surface area contributed by atoms with Crippen molar-refractivity contribution in [3.8, 4) is 17.2 Å². The second kappa shape index (κ2) is 7.99. The number of hydrazone groups is 1. The number of ether oxygens (including phenoxy) is 3. The van der Waals surface area contributed by atoms with E-state index in [1.165, 1.54) is 39.5 Å². The Balaban J connectivity index is 2.37. The molecule has 0 aliphatic rings. The molecular weight excluding hydrogens is 349 g/mol. The van der Waals surface area contributed by atoms with Gasteiger partial charge in [0, 0.05) is 5.56 Å². The van der Waals surface area contributed by atoms with E-state index >= 15 is 0 Å². The Bertz CT molecular complexity index is 780. The Kier molecular flexibility index (Phi) is 5.97. The maximum absolute atomic E-state index is 13.0. The number of nitrogens with one attached hydrogen (secondary N) is 1. The van der Waals surface area contributed by atoms with Gasteiger partial charge >= 0.3 is 6.18 Å². The maximum atomic E-state index is 13.0. The second-order valence-electron chi connectivity index (χ2n) is 5.27. The number of rotatable bonds is 6. The standard InChI is InChI=1S/C18H19F3N2O3/c1-11(12-9-15(24-2)17(26-4)16(10-12)25-3)22-23-14-8-6-5-7-13(14)18(19,20)21/h5-10,23H,1-4H3/b22-11-. The third-order valence-corrected chi connectivity index (χ3v) is 3.66. The van der Waals surface area contributed by atoms with Crippen LogP contribution in [0.2, 0.25) is 0 Å². The molecule has 2 aromatic rings. The Hall–Kier alpha value is -2.90. The Morgan fingerprint density at radius 3 is 2.04 bits per heavy atom. The van der Waals surface area contributed by atoms with Crippen molar-refractivity contribution in [1.29, 1.82) is 0 Å². The van der Waals surface area contributed by atoms with E-state index in [4.69, 9.17) is 14.2 Å². The first-order chi connectivity index (χ1) is 12.3. The van der Waals surface area contributed by atoms with Crippen LogP contribution >= 0.6 is 0 Å². The van der Waals surface area contributed by atoms with Gasteiger partial charge in [0.25, 0.3) is 0 Å². The fourth-order valence-electron chi connectivity index (χ4n) is 2.33. The molecule has 0 unspecified atom stereocenters. The first-order valence-corrected chi connectivity index (χ1v) is 7.58. The number of benzene rings is 2. The van der Waals surface area contributed by atoms with E-state index < -0.39 is 11.7 Å². The van der Waals surface area contributed by atoms with Gasteiger partial charge in [-0.1, -0.05) is 12.1 Å². The molecule has 2 rings (SSSR count). The smallest absolute Gasteiger partial charge is 0.418 e. The lowest BCUT2D eigenvalue weighted by atomic mass is 10.1. The lowest BCUT2D eigenvalue weighted by molar-refractivity contribution is -0.136. The van der Waals surface area contributed by atoms with Crippen LogP contribution in [-0.2, 0) is 6.18 Å². The first kappa shape index (κ1) is 19.4. The van der Waals surface area contributed by atoms with Gasteiger partial charge in [0.15, 0.2) is 11.5 Å². The van der Waals surface area contributed by atoms with E-state index in [1.807, 2.05) is 0 Å². The van der Waals surface area contributed by atoms with Crippen LogP contribution in [0.15, 0.2) is 41.5 Å². The van der Waals surface area contributed by atoms with Crippen molar-refractivity contribution in [2.45, 2.75) is 13.1 Å². The van der Waals surface area contributed by atoms with Crippen molar-refractivity contribution in [1.82, 2.24) is 0 Å². The zero-order valence-corrected chi connectivity index (χ0v) is 14.8. The fraction of sp³-hybridized carbons (Fsp3) is 0.278. The molecule has 0 aromatic heterocycles. The van der Waals surface area contributed by atoms with Crippen LogP contribution in [0.1, 0.15) is 18.1 Å². The summed E-state index contributed by atoms with van der Waals surface area (Å²) >= 11 is 0. The summed E-state index contributed by atoms with van der Waals surface area (Å²) in [6.07, 6.45) is -4.47. The van der Waals surface area contributed by atoms with Crippen molar-refractivity contribution in [3.05, 3.63) is 47.5 Å². The van der Waals surface area contributed by atoms with Gasteiger partial charge in [-0.3, -0.25) is 5.43 Å². The minimum Gasteiger partial charge on any atom is -0.493 e. The van der Waals surface area contributed by atoms with Crippen LogP contribution in [0.5, 0.6) is 17.2 Å². The third kappa shape index (κ3) is 4.19. The van der Waals surface area contributed by atoms with Crippen LogP contribution in [-0.4, -0.2) is 27.0 Å². The van der Waals surface area contributed by atoms with Gasteiger partial charge in [-0.05, 0) is 31.2 Å². The van der Waals surface area contributed by atoms with Gasteiger partial charge in [-0.25, -0.2) is 0 Å². The number of hydrogen-bond donors (Lipinski definition) is 1. The number of nitrogens with zero attached hydrogens (tertiary/aromatic N) is 1. The van der Waals surface area contributed by atoms with E-state index in [0.29, 0.717) is 28.5 Å². The predicted molar refractivity (Wildman–Crippen MR) is 93.4 cm³/mol. The third-order valence-electron chi connectivity index (χ3n) is 3.66. The molecule has 0 atom stereocenters. The second-order valence-corrected chi connectivity index (χ2v) is 5.27. The van der Waals surface area contributed by atoms with Crippen molar-refractivity contribution >= 4 is 11.4 Å². The summed E-state index contributed by atoms with van der Waals surface area (Å²) in [5, 5.41) is 4.06. The predicted octanol–water partition coefficient (Wildman–Crippen LogP) is 4.57. The first-order valence-electron chi connectivity index (χ1n) is 7.58. The Morgan fingerprint density at radius 2 is 1.54 bits per heavy atom. The van der Waals surface area contributed by atoms with Gasteiger partial charge in [0.1, 0.15) is 0 Å². The van der Waals surface area contributed by atoms with Crippen LogP contribution in [0.3, 0.4) is 0 Å². The molecule has 0 amide bonds. The largest absolute Gasteiger partial charge is 0.493 e. The molecule has 8 heteroatoms. The normalized spacial score (nSPS) is 11.9. The van der Waals surface area contributed by atoms with Crippen LogP contribution in [0.4, 0.5) is 18.9 Å². The quantitative estimate of drug-likeness (QED) is 0.600. The number of alkyl halides is 3. The molecule has 5 nitrogen and oxygen atoms in total. The highest BCUT2D eigenvalue weighted by Crippen LogP contribution is 2.38. The zero-order valence-electron chi connectivity index (χ0n) is 14.8. The lowest BCUT2D eigenvalue weighted by Crippen LogP contribution is -2.09. The minimum absolute atomic E-state index is 0.133. The SMILES string of the molecule is COc1cc(/C(C)=N\Nc2ccccc2C(F)(F)F)cc(OC)c1OC. The molecule has 0 spiro atoms. The van der Waals surface area contributed by atoms with Gasteiger partial charge in [-0.15, -0.1) is 0 Å². The summed E-state index contributed by atoms with van der Waals surface area (Å²) in [6, 6.07) is 8.46. The van der Waals surface area contributed by atoms with E-state index in [9.17, 15) is 13.2 Å². The molecule has 0 aliphatic carbocycles. The number of methoxy groups -OCH3 is 3. The molecule has 0 saturated carbocycles. The summed E-state index contributed by atoms with van der Waals surface area (Å²) in [5.41, 5.74) is 2.61. The van der Waals surface area contributed by atoms with Gasteiger partial charge in [0.05, 0.1) is 38.3 Å². The molecule has 0 fully saturated rings. The van der Waals surface area contributed by atoms with Crippen LogP contribution in [0.25, 0.3) is 0 Å².